The fourth-order valence-corrected chi connectivity index (χ4v) is 2.74. The number of ketones is 2. The Morgan fingerprint density at radius 1 is 1.00 bits per heavy atom. The molecule has 1 aromatic rings. The molecule has 22 heavy (non-hydrogen) atoms. The molecule has 1 aromatic carbocycles. The van der Waals surface area contributed by atoms with Crippen molar-refractivity contribution in [3.05, 3.63) is 29.8 Å². The van der Waals surface area contributed by atoms with E-state index in [-0.39, 0.29) is 17.5 Å². The molecule has 122 valence electrons. The number of phenols is 1. The van der Waals surface area contributed by atoms with Crippen LogP contribution < -0.4 is 0 Å². The smallest absolute Gasteiger partial charge is 0.143 e. The number of aromatic hydroxyl groups is 1. The summed E-state index contributed by atoms with van der Waals surface area (Å²) in [6, 6.07) is 7.37. The van der Waals surface area contributed by atoms with Crippen molar-refractivity contribution in [1.29, 1.82) is 0 Å². The molecule has 0 aromatic heterocycles. The van der Waals surface area contributed by atoms with E-state index in [9.17, 15) is 14.7 Å². The molecule has 0 atom stereocenters. The van der Waals surface area contributed by atoms with Crippen molar-refractivity contribution in [3.63, 3.8) is 0 Å². The number of carbonyl (C=O) groups is 2. The van der Waals surface area contributed by atoms with E-state index in [1.165, 1.54) is 0 Å². The van der Waals surface area contributed by atoms with Crippen molar-refractivity contribution >= 4 is 11.6 Å². The van der Waals surface area contributed by atoms with E-state index in [0.717, 1.165) is 37.7 Å². The van der Waals surface area contributed by atoms with Crippen LogP contribution in [0, 0.1) is 5.92 Å². The lowest BCUT2D eigenvalue weighted by Gasteiger charge is -2.12. The number of Topliss-reactive ketones (excluding diaryl/α,β-unsaturated/α-hetero) is 2. The average Bonchev–Trinajstić information content (AvgIpc) is 2.53. The maximum atomic E-state index is 11.8. The molecule has 0 radical (unpaired) electrons. The van der Waals surface area contributed by atoms with Gasteiger partial charge < -0.3 is 5.11 Å². The molecule has 0 heterocycles. The first-order chi connectivity index (χ1) is 10.6. The maximum Gasteiger partial charge on any atom is 0.143 e. The molecule has 0 unspecified atom stereocenters. The molecule has 3 nitrogen and oxygen atoms in total. The monoisotopic (exact) mass is 304 g/mol. The van der Waals surface area contributed by atoms with Crippen molar-refractivity contribution in [2.45, 2.75) is 65.2 Å². The zero-order chi connectivity index (χ0) is 16.4. The van der Waals surface area contributed by atoms with E-state index < -0.39 is 0 Å². The predicted octanol–water partition coefficient (Wildman–Crippen LogP) is 4.46. The van der Waals surface area contributed by atoms with Gasteiger partial charge in [0.1, 0.15) is 17.3 Å². The number of hydrogen-bond donors (Lipinski definition) is 1. The lowest BCUT2D eigenvalue weighted by molar-refractivity contribution is -0.132. The number of aryl methyl sites for hydroxylation is 1. The number of hydrogen-bond acceptors (Lipinski definition) is 3. The molecule has 1 rings (SSSR count). The second kappa shape index (κ2) is 10.1. The SMILES string of the molecule is CCC(=O)C(CCCCCCc1cccc(O)c1)C(=O)CC. The van der Waals surface area contributed by atoms with Crippen LogP contribution in [0.3, 0.4) is 0 Å². The molecule has 0 aliphatic heterocycles. The summed E-state index contributed by atoms with van der Waals surface area (Å²) in [7, 11) is 0. The van der Waals surface area contributed by atoms with Crippen LogP contribution >= 0.6 is 0 Å². The summed E-state index contributed by atoms with van der Waals surface area (Å²) in [5.41, 5.74) is 1.15. The Labute approximate surface area is 133 Å². The van der Waals surface area contributed by atoms with E-state index in [4.69, 9.17) is 0 Å². The van der Waals surface area contributed by atoms with Crippen LogP contribution in [0.2, 0.25) is 0 Å². The second-order valence-corrected chi connectivity index (χ2v) is 5.82. The van der Waals surface area contributed by atoms with Crippen LogP contribution in [0.5, 0.6) is 5.75 Å². The second-order valence-electron chi connectivity index (χ2n) is 5.82. The van der Waals surface area contributed by atoms with Gasteiger partial charge >= 0.3 is 0 Å². The third-order valence-corrected chi connectivity index (χ3v) is 4.09. The normalized spacial score (nSPS) is 10.9. The Bertz CT molecular complexity index is 463. The van der Waals surface area contributed by atoms with Crippen molar-refractivity contribution in [2.24, 2.45) is 5.92 Å². The summed E-state index contributed by atoms with van der Waals surface area (Å²) in [6.45, 7) is 3.65. The first kappa shape index (κ1) is 18.4. The molecule has 0 aliphatic carbocycles. The minimum atomic E-state index is -0.374. The molecule has 1 N–H and O–H groups in total. The quantitative estimate of drug-likeness (QED) is 0.485. The standard InChI is InChI=1S/C19H28O3/c1-3-18(21)17(19(22)4-2)13-8-6-5-7-10-15-11-9-12-16(20)14-15/h9,11-12,14,17,20H,3-8,10,13H2,1-2H3. The van der Waals surface area contributed by atoms with Crippen LogP contribution in [0.1, 0.15) is 64.4 Å². The third kappa shape index (κ3) is 6.42. The largest absolute Gasteiger partial charge is 0.508 e. The van der Waals surface area contributed by atoms with Gasteiger partial charge in [-0.05, 0) is 37.0 Å². The Kier molecular flexibility index (Phi) is 8.49. The summed E-state index contributed by atoms with van der Waals surface area (Å²) in [5, 5.41) is 9.40. The van der Waals surface area contributed by atoms with E-state index >= 15 is 0 Å². The highest BCUT2D eigenvalue weighted by molar-refractivity contribution is 6.02. The van der Waals surface area contributed by atoms with Crippen molar-refractivity contribution in [3.8, 4) is 5.75 Å². The van der Waals surface area contributed by atoms with Gasteiger partial charge in [0, 0.05) is 12.8 Å². The van der Waals surface area contributed by atoms with Gasteiger partial charge in [0.25, 0.3) is 0 Å². The molecule has 0 aliphatic rings. The van der Waals surface area contributed by atoms with Crippen LogP contribution in [0.15, 0.2) is 24.3 Å². The van der Waals surface area contributed by atoms with Crippen LogP contribution in [-0.4, -0.2) is 16.7 Å². The Hall–Kier alpha value is -1.64. The third-order valence-electron chi connectivity index (χ3n) is 4.09. The highest BCUT2D eigenvalue weighted by Crippen LogP contribution is 2.18. The number of unbranched alkanes of at least 4 members (excludes halogenated alkanes) is 3. The molecular formula is C19H28O3. The van der Waals surface area contributed by atoms with Gasteiger partial charge in [-0.3, -0.25) is 9.59 Å². The molecule has 0 spiro atoms. The Morgan fingerprint density at radius 3 is 2.23 bits per heavy atom. The van der Waals surface area contributed by atoms with Crippen LogP contribution in [-0.2, 0) is 16.0 Å². The van der Waals surface area contributed by atoms with Gasteiger partial charge in [0.05, 0.1) is 5.92 Å². The van der Waals surface area contributed by atoms with E-state index in [2.05, 4.69) is 0 Å². The number of benzene rings is 1. The lowest BCUT2D eigenvalue weighted by Crippen LogP contribution is -2.22. The van der Waals surface area contributed by atoms with Crippen molar-refractivity contribution in [1.82, 2.24) is 0 Å². The Morgan fingerprint density at radius 2 is 1.64 bits per heavy atom. The highest BCUT2D eigenvalue weighted by Gasteiger charge is 2.22. The van der Waals surface area contributed by atoms with Gasteiger partial charge in [0.15, 0.2) is 0 Å². The van der Waals surface area contributed by atoms with E-state index in [1.54, 1.807) is 12.1 Å². The molecule has 0 fully saturated rings. The highest BCUT2D eigenvalue weighted by atomic mass is 16.3. The predicted molar refractivity (Wildman–Crippen MR) is 89.0 cm³/mol. The van der Waals surface area contributed by atoms with Gasteiger partial charge in [-0.25, -0.2) is 0 Å². The van der Waals surface area contributed by atoms with Gasteiger partial charge in [-0.2, -0.15) is 0 Å². The van der Waals surface area contributed by atoms with Crippen LogP contribution in [0.4, 0.5) is 0 Å². The number of phenolic OH excluding ortho intramolecular Hbond substituents is 1. The minimum Gasteiger partial charge on any atom is -0.508 e. The zero-order valence-electron chi connectivity index (χ0n) is 13.8. The zero-order valence-corrected chi connectivity index (χ0v) is 13.8. The van der Waals surface area contributed by atoms with E-state index in [1.807, 2.05) is 26.0 Å². The maximum absolute atomic E-state index is 11.8. The molecule has 3 heteroatoms. The van der Waals surface area contributed by atoms with Gasteiger partial charge in [-0.15, -0.1) is 0 Å². The summed E-state index contributed by atoms with van der Waals surface area (Å²) < 4.78 is 0. The Balaban J connectivity index is 2.23. The topological polar surface area (TPSA) is 54.4 Å². The van der Waals surface area contributed by atoms with Crippen molar-refractivity contribution in [2.75, 3.05) is 0 Å². The summed E-state index contributed by atoms with van der Waals surface area (Å²) in [4.78, 5) is 23.6. The summed E-state index contributed by atoms with van der Waals surface area (Å²) >= 11 is 0. The lowest BCUT2D eigenvalue weighted by atomic mass is 9.90. The molecule has 0 saturated heterocycles. The number of rotatable bonds is 11. The van der Waals surface area contributed by atoms with Crippen LogP contribution in [0.25, 0.3) is 0 Å². The average molecular weight is 304 g/mol. The number of carbonyl (C=O) groups excluding carboxylic acids is 2. The first-order valence-electron chi connectivity index (χ1n) is 8.41. The van der Waals surface area contributed by atoms with Gasteiger partial charge in [0.2, 0.25) is 0 Å². The molecule has 0 amide bonds. The molecule has 0 saturated carbocycles. The van der Waals surface area contributed by atoms with E-state index in [0.29, 0.717) is 25.0 Å². The fraction of sp³-hybridized carbons (Fsp3) is 0.579. The summed E-state index contributed by atoms with van der Waals surface area (Å²) in [5.74, 6) is 0.121. The van der Waals surface area contributed by atoms with Crippen molar-refractivity contribution < 1.29 is 14.7 Å². The van der Waals surface area contributed by atoms with Gasteiger partial charge in [-0.1, -0.05) is 45.2 Å². The molecule has 0 bridgehead atoms. The molecular weight excluding hydrogens is 276 g/mol. The summed E-state index contributed by atoms with van der Waals surface area (Å²) in [6.07, 6.45) is 6.69. The minimum absolute atomic E-state index is 0.0895. The first-order valence-corrected chi connectivity index (χ1v) is 8.41. The fourth-order valence-electron chi connectivity index (χ4n) is 2.74.